The number of hydrogen-bond acceptors (Lipinski definition) is 4. The monoisotopic (exact) mass is 293 g/mol. The van der Waals surface area contributed by atoms with Gasteiger partial charge < -0.3 is 10.6 Å². The van der Waals surface area contributed by atoms with Crippen molar-refractivity contribution in [3.05, 3.63) is 23.3 Å². The number of urea groups is 1. The smallest absolute Gasteiger partial charge is 0.315 e. The third kappa shape index (κ3) is 4.06. The minimum Gasteiger partial charge on any atom is -0.338 e. The summed E-state index contributed by atoms with van der Waals surface area (Å²) < 4.78 is 1.75. The van der Waals surface area contributed by atoms with Crippen molar-refractivity contribution in [2.45, 2.75) is 26.3 Å². The number of unbranched alkanes of at least 4 members (excludes halogenated alkanes) is 1. The zero-order valence-electron chi connectivity index (χ0n) is 11.7. The Hall–Kier alpha value is -1.89. The number of aryl methyl sites for hydroxylation is 1. The van der Waals surface area contributed by atoms with Crippen LogP contribution < -0.4 is 10.6 Å². The highest BCUT2D eigenvalue weighted by Gasteiger charge is 2.08. The van der Waals surface area contributed by atoms with E-state index in [0.717, 1.165) is 29.2 Å². The second kappa shape index (κ2) is 7.04. The maximum Gasteiger partial charge on any atom is 0.315 e. The quantitative estimate of drug-likeness (QED) is 0.802. The lowest BCUT2D eigenvalue weighted by Gasteiger charge is -2.05. The van der Waals surface area contributed by atoms with E-state index in [4.69, 9.17) is 0 Å². The van der Waals surface area contributed by atoms with Gasteiger partial charge >= 0.3 is 6.03 Å². The molecule has 2 amide bonds. The van der Waals surface area contributed by atoms with Crippen molar-refractivity contribution < 1.29 is 4.79 Å². The molecule has 0 aromatic carbocycles. The summed E-state index contributed by atoms with van der Waals surface area (Å²) >= 11 is 1.53. The first-order valence-corrected chi connectivity index (χ1v) is 7.53. The van der Waals surface area contributed by atoms with E-state index in [1.807, 2.05) is 24.7 Å². The van der Waals surface area contributed by atoms with Gasteiger partial charge in [-0.05, 0) is 12.5 Å². The SMILES string of the molecule is CCCCNC(=O)NCc1csc(-c2ccn(C)n2)n1. The van der Waals surface area contributed by atoms with Gasteiger partial charge in [0.2, 0.25) is 0 Å². The van der Waals surface area contributed by atoms with Gasteiger partial charge in [0, 0.05) is 25.2 Å². The molecule has 2 rings (SSSR count). The van der Waals surface area contributed by atoms with Crippen LogP contribution in [0.4, 0.5) is 4.79 Å². The topological polar surface area (TPSA) is 71.8 Å². The van der Waals surface area contributed by atoms with Crippen LogP contribution >= 0.6 is 11.3 Å². The average Bonchev–Trinajstić information content (AvgIpc) is 3.05. The summed E-state index contributed by atoms with van der Waals surface area (Å²) in [6, 6.07) is 1.78. The number of amides is 2. The Morgan fingerprint density at radius 1 is 1.45 bits per heavy atom. The molecule has 0 radical (unpaired) electrons. The summed E-state index contributed by atoms with van der Waals surface area (Å²) in [6.45, 7) is 3.23. The zero-order valence-corrected chi connectivity index (χ0v) is 12.5. The summed E-state index contributed by atoms with van der Waals surface area (Å²) in [4.78, 5) is 16.0. The van der Waals surface area contributed by atoms with Crippen molar-refractivity contribution in [3.63, 3.8) is 0 Å². The van der Waals surface area contributed by atoms with Crippen LogP contribution in [0.15, 0.2) is 17.6 Å². The second-order valence-electron chi connectivity index (χ2n) is 4.48. The Balaban J connectivity index is 1.82. The van der Waals surface area contributed by atoms with E-state index in [0.29, 0.717) is 13.1 Å². The maximum atomic E-state index is 11.5. The summed E-state index contributed by atoms with van der Waals surface area (Å²) in [5.74, 6) is 0. The van der Waals surface area contributed by atoms with Crippen molar-refractivity contribution in [1.29, 1.82) is 0 Å². The molecule has 6 nitrogen and oxygen atoms in total. The first-order chi connectivity index (χ1) is 9.69. The Labute approximate surface area is 122 Å². The van der Waals surface area contributed by atoms with Gasteiger partial charge in [0.05, 0.1) is 12.2 Å². The van der Waals surface area contributed by atoms with E-state index in [2.05, 4.69) is 27.6 Å². The van der Waals surface area contributed by atoms with Crippen LogP contribution in [0.5, 0.6) is 0 Å². The molecule has 0 spiro atoms. The van der Waals surface area contributed by atoms with Crippen LogP contribution in [-0.4, -0.2) is 27.3 Å². The third-order valence-corrected chi connectivity index (χ3v) is 3.64. The summed E-state index contributed by atoms with van der Waals surface area (Å²) in [5.41, 5.74) is 1.71. The highest BCUT2D eigenvalue weighted by Crippen LogP contribution is 2.21. The maximum absolute atomic E-state index is 11.5. The molecule has 0 aliphatic heterocycles. The number of carbonyl (C=O) groups excluding carboxylic acids is 1. The number of nitrogens with zero attached hydrogens (tertiary/aromatic N) is 3. The molecule has 0 fully saturated rings. The Morgan fingerprint density at radius 3 is 3.00 bits per heavy atom. The predicted octanol–water partition coefficient (Wildman–Crippen LogP) is 2.14. The van der Waals surface area contributed by atoms with E-state index < -0.39 is 0 Å². The molecule has 7 heteroatoms. The van der Waals surface area contributed by atoms with Crippen molar-refractivity contribution >= 4 is 17.4 Å². The first kappa shape index (κ1) is 14.5. The van der Waals surface area contributed by atoms with Gasteiger partial charge in [0.15, 0.2) is 0 Å². The molecule has 0 saturated heterocycles. The Kier molecular flexibility index (Phi) is 5.11. The highest BCUT2D eigenvalue weighted by molar-refractivity contribution is 7.13. The molecule has 2 N–H and O–H groups in total. The van der Waals surface area contributed by atoms with E-state index in [-0.39, 0.29) is 6.03 Å². The molecular weight excluding hydrogens is 274 g/mol. The zero-order chi connectivity index (χ0) is 14.4. The fourth-order valence-electron chi connectivity index (χ4n) is 1.65. The molecule has 0 saturated carbocycles. The normalized spacial score (nSPS) is 10.5. The predicted molar refractivity (Wildman–Crippen MR) is 79.5 cm³/mol. The summed E-state index contributed by atoms with van der Waals surface area (Å²) in [6.07, 6.45) is 3.95. The average molecular weight is 293 g/mol. The van der Waals surface area contributed by atoms with E-state index >= 15 is 0 Å². The lowest BCUT2D eigenvalue weighted by atomic mass is 10.3. The second-order valence-corrected chi connectivity index (χ2v) is 5.34. The highest BCUT2D eigenvalue weighted by atomic mass is 32.1. The third-order valence-electron chi connectivity index (χ3n) is 2.73. The molecule has 0 unspecified atom stereocenters. The van der Waals surface area contributed by atoms with Crippen LogP contribution in [0.2, 0.25) is 0 Å². The number of aromatic nitrogens is 3. The molecule has 108 valence electrons. The molecule has 2 aromatic heterocycles. The minimum atomic E-state index is -0.147. The Morgan fingerprint density at radius 2 is 2.30 bits per heavy atom. The van der Waals surface area contributed by atoms with Crippen molar-refractivity contribution in [2.75, 3.05) is 6.54 Å². The van der Waals surface area contributed by atoms with E-state index in [1.54, 1.807) is 4.68 Å². The van der Waals surface area contributed by atoms with Crippen molar-refractivity contribution in [1.82, 2.24) is 25.4 Å². The van der Waals surface area contributed by atoms with Gasteiger partial charge in [0.25, 0.3) is 0 Å². The minimum absolute atomic E-state index is 0.147. The van der Waals surface area contributed by atoms with Crippen LogP contribution in [0.3, 0.4) is 0 Å². The van der Waals surface area contributed by atoms with Gasteiger partial charge in [-0.2, -0.15) is 5.10 Å². The number of carbonyl (C=O) groups is 1. The number of thiazole rings is 1. The molecule has 0 aliphatic rings. The molecular formula is C13H19N5OS. The fraction of sp³-hybridized carbons (Fsp3) is 0.462. The molecule has 0 atom stereocenters. The van der Waals surface area contributed by atoms with E-state index in [1.165, 1.54) is 11.3 Å². The number of nitrogens with one attached hydrogen (secondary N) is 2. The van der Waals surface area contributed by atoms with Crippen LogP contribution in [0.1, 0.15) is 25.5 Å². The van der Waals surface area contributed by atoms with Gasteiger partial charge in [-0.3, -0.25) is 4.68 Å². The molecule has 2 heterocycles. The molecule has 0 bridgehead atoms. The van der Waals surface area contributed by atoms with Crippen molar-refractivity contribution in [2.24, 2.45) is 7.05 Å². The van der Waals surface area contributed by atoms with Crippen molar-refractivity contribution in [3.8, 4) is 10.7 Å². The Bertz CT molecular complexity index is 563. The lowest BCUT2D eigenvalue weighted by Crippen LogP contribution is -2.35. The molecule has 20 heavy (non-hydrogen) atoms. The number of hydrogen-bond donors (Lipinski definition) is 2. The lowest BCUT2D eigenvalue weighted by molar-refractivity contribution is 0.240. The van der Waals surface area contributed by atoms with Crippen LogP contribution in [0, 0.1) is 0 Å². The molecule has 2 aromatic rings. The largest absolute Gasteiger partial charge is 0.338 e. The summed E-state index contributed by atoms with van der Waals surface area (Å²) in [5, 5.41) is 12.7. The van der Waals surface area contributed by atoms with Crippen LogP contribution in [-0.2, 0) is 13.6 Å². The van der Waals surface area contributed by atoms with Gasteiger partial charge in [-0.25, -0.2) is 9.78 Å². The van der Waals surface area contributed by atoms with Gasteiger partial charge in [-0.1, -0.05) is 13.3 Å². The first-order valence-electron chi connectivity index (χ1n) is 6.65. The van der Waals surface area contributed by atoms with Gasteiger partial charge in [-0.15, -0.1) is 11.3 Å². The fourth-order valence-corrected chi connectivity index (χ4v) is 2.43. The number of rotatable bonds is 6. The van der Waals surface area contributed by atoms with Gasteiger partial charge in [0.1, 0.15) is 10.7 Å². The van der Waals surface area contributed by atoms with E-state index in [9.17, 15) is 4.79 Å². The molecule has 0 aliphatic carbocycles. The standard InChI is InChI=1S/C13H19N5OS/c1-3-4-6-14-13(19)15-8-10-9-20-12(16-10)11-5-7-18(2)17-11/h5,7,9H,3-4,6,8H2,1-2H3,(H2,14,15,19). The summed E-state index contributed by atoms with van der Waals surface area (Å²) in [7, 11) is 1.88. The van der Waals surface area contributed by atoms with Crippen LogP contribution in [0.25, 0.3) is 10.7 Å².